The zero-order valence-corrected chi connectivity index (χ0v) is 8.97. The topological polar surface area (TPSA) is 41.5 Å². The second-order valence-corrected chi connectivity index (χ2v) is 3.58. The molecule has 0 heterocycles. The molecular formula is C10H12N2OS. The third-order valence-corrected chi connectivity index (χ3v) is 2.29. The third-order valence-electron chi connectivity index (χ3n) is 1.55. The molecular weight excluding hydrogens is 196 g/mol. The van der Waals surface area contributed by atoms with Crippen molar-refractivity contribution in [3.8, 4) is 0 Å². The van der Waals surface area contributed by atoms with Gasteiger partial charge in [-0.1, -0.05) is 12.1 Å². The molecule has 0 saturated heterocycles. The van der Waals surface area contributed by atoms with Crippen LogP contribution in [0.3, 0.4) is 0 Å². The van der Waals surface area contributed by atoms with Gasteiger partial charge in [-0.3, -0.25) is 4.79 Å². The molecule has 0 fully saturated rings. The number of nitrogens with one attached hydrogen (secondary N) is 1. The highest BCUT2D eigenvalue weighted by molar-refractivity contribution is 7.98. The first kappa shape index (κ1) is 10.8. The van der Waals surface area contributed by atoms with Crippen LogP contribution in [0.1, 0.15) is 12.5 Å². The molecule has 1 aromatic rings. The van der Waals surface area contributed by atoms with Gasteiger partial charge < -0.3 is 0 Å². The van der Waals surface area contributed by atoms with Crippen LogP contribution in [0, 0.1) is 0 Å². The minimum absolute atomic E-state index is 0.165. The zero-order valence-electron chi connectivity index (χ0n) is 8.15. The van der Waals surface area contributed by atoms with Crippen molar-refractivity contribution in [2.45, 2.75) is 11.8 Å². The lowest BCUT2D eigenvalue weighted by Crippen LogP contribution is -2.12. The van der Waals surface area contributed by atoms with Gasteiger partial charge in [-0.25, -0.2) is 5.43 Å². The first-order valence-corrected chi connectivity index (χ1v) is 5.38. The van der Waals surface area contributed by atoms with Crippen molar-refractivity contribution in [1.82, 2.24) is 5.43 Å². The molecule has 0 bridgehead atoms. The van der Waals surface area contributed by atoms with Gasteiger partial charge in [0.15, 0.2) is 0 Å². The Morgan fingerprint density at radius 2 is 2.07 bits per heavy atom. The van der Waals surface area contributed by atoms with Gasteiger partial charge in [0.2, 0.25) is 5.91 Å². The molecule has 3 nitrogen and oxygen atoms in total. The van der Waals surface area contributed by atoms with Gasteiger partial charge in [0, 0.05) is 11.8 Å². The van der Waals surface area contributed by atoms with Crippen LogP contribution in [0.2, 0.25) is 0 Å². The number of hydrogen-bond donors (Lipinski definition) is 1. The molecule has 0 saturated carbocycles. The number of thioether (sulfide) groups is 1. The summed E-state index contributed by atoms with van der Waals surface area (Å²) in [4.78, 5) is 11.7. The fraction of sp³-hybridized carbons (Fsp3) is 0.200. The molecule has 0 aliphatic carbocycles. The van der Waals surface area contributed by atoms with Crippen LogP contribution in [0.5, 0.6) is 0 Å². The van der Waals surface area contributed by atoms with Crippen LogP contribution < -0.4 is 5.43 Å². The highest BCUT2D eigenvalue weighted by Gasteiger charge is 1.90. The van der Waals surface area contributed by atoms with Crippen molar-refractivity contribution in [2.24, 2.45) is 5.10 Å². The highest BCUT2D eigenvalue weighted by atomic mass is 32.2. The normalized spacial score (nSPS) is 10.4. The van der Waals surface area contributed by atoms with E-state index in [0.717, 1.165) is 5.56 Å². The lowest BCUT2D eigenvalue weighted by atomic mass is 10.2. The van der Waals surface area contributed by atoms with Crippen LogP contribution in [0.15, 0.2) is 34.3 Å². The maximum atomic E-state index is 10.5. The van der Waals surface area contributed by atoms with E-state index in [-0.39, 0.29) is 5.91 Å². The molecule has 74 valence electrons. The van der Waals surface area contributed by atoms with Gasteiger partial charge in [0.25, 0.3) is 0 Å². The van der Waals surface area contributed by atoms with Crippen molar-refractivity contribution < 1.29 is 4.79 Å². The average Bonchev–Trinajstić information content (AvgIpc) is 2.18. The number of rotatable bonds is 3. The Hall–Kier alpha value is -1.29. The van der Waals surface area contributed by atoms with Crippen molar-refractivity contribution in [1.29, 1.82) is 0 Å². The number of hydrazone groups is 1. The van der Waals surface area contributed by atoms with Crippen molar-refractivity contribution in [3.05, 3.63) is 29.8 Å². The van der Waals surface area contributed by atoms with E-state index in [1.165, 1.54) is 11.8 Å². The summed E-state index contributed by atoms with van der Waals surface area (Å²) in [6, 6.07) is 7.94. The first-order chi connectivity index (χ1) is 6.72. The number of nitrogens with zero attached hydrogens (tertiary/aromatic N) is 1. The van der Waals surface area contributed by atoms with Gasteiger partial charge in [-0.05, 0) is 24.0 Å². The van der Waals surface area contributed by atoms with Crippen molar-refractivity contribution >= 4 is 23.9 Å². The first-order valence-electron chi connectivity index (χ1n) is 4.16. The summed E-state index contributed by atoms with van der Waals surface area (Å²) in [7, 11) is 0. The number of benzene rings is 1. The molecule has 0 radical (unpaired) electrons. The smallest absolute Gasteiger partial charge is 0.236 e. The summed E-state index contributed by atoms with van der Waals surface area (Å²) in [6.07, 6.45) is 3.64. The van der Waals surface area contributed by atoms with E-state index < -0.39 is 0 Å². The standard InChI is InChI=1S/C10H12N2OS/c1-8(13)12-11-7-9-3-5-10(14-2)6-4-9/h3-7H,1-2H3,(H,12,13)/b11-7+. The molecule has 0 aliphatic heterocycles. The Kier molecular flexibility index (Phi) is 4.19. The third kappa shape index (κ3) is 3.62. The summed E-state index contributed by atoms with van der Waals surface area (Å²) in [5.74, 6) is -0.165. The minimum atomic E-state index is -0.165. The van der Waals surface area contributed by atoms with Crippen LogP contribution in [0.4, 0.5) is 0 Å². The van der Waals surface area contributed by atoms with Gasteiger partial charge in [-0.2, -0.15) is 5.10 Å². The summed E-state index contributed by atoms with van der Waals surface area (Å²) in [6.45, 7) is 1.42. The number of amides is 1. The SMILES string of the molecule is CSc1ccc(/C=N/NC(C)=O)cc1. The molecule has 14 heavy (non-hydrogen) atoms. The van der Waals surface area contributed by atoms with E-state index in [9.17, 15) is 4.79 Å². The van der Waals surface area contributed by atoms with Crippen LogP contribution in [-0.2, 0) is 4.79 Å². The second-order valence-electron chi connectivity index (χ2n) is 2.70. The van der Waals surface area contributed by atoms with E-state index >= 15 is 0 Å². The Morgan fingerprint density at radius 3 is 2.57 bits per heavy atom. The quantitative estimate of drug-likeness (QED) is 0.468. The highest BCUT2D eigenvalue weighted by Crippen LogP contribution is 2.13. The van der Waals surface area contributed by atoms with Gasteiger partial charge in [-0.15, -0.1) is 11.8 Å². The van der Waals surface area contributed by atoms with E-state index in [1.807, 2.05) is 30.5 Å². The summed E-state index contributed by atoms with van der Waals surface area (Å²) >= 11 is 1.69. The van der Waals surface area contributed by atoms with E-state index in [4.69, 9.17) is 0 Å². The molecule has 0 unspecified atom stereocenters. The number of carbonyl (C=O) groups excluding carboxylic acids is 1. The lowest BCUT2D eigenvalue weighted by Gasteiger charge is -1.96. The van der Waals surface area contributed by atoms with Crippen LogP contribution in [0.25, 0.3) is 0 Å². The fourth-order valence-electron chi connectivity index (χ4n) is 0.888. The molecule has 1 N–H and O–H groups in total. The van der Waals surface area contributed by atoms with Gasteiger partial charge in [0.05, 0.1) is 6.21 Å². The van der Waals surface area contributed by atoms with Gasteiger partial charge >= 0.3 is 0 Å². The average molecular weight is 208 g/mol. The molecule has 0 aromatic heterocycles. The van der Waals surface area contributed by atoms with E-state index in [2.05, 4.69) is 10.5 Å². The van der Waals surface area contributed by atoms with E-state index in [1.54, 1.807) is 18.0 Å². The predicted octanol–water partition coefficient (Wildman–Crippen LogP) is 1.88. The molecule has 0 spiro atoms. The summed E-state index contributed by atoms with van der Waals surface area (Å²) < 4.78 is 0. The van der Waals surface area contributed by atoms with Crippen LogP contribution in [-0.4, -0.2) is 18.4 Å². The second kappa shape index (κ2) is 5.44. The largest absolute Gasteiger partial charge is 0.274 e. The maximum Gasteiger partial charge on any atom is 0.236 e. The number of carbonyl (C=O) groups is 1. The Bertz CT molecular complexity index is 332. The fourth-order valence-corrected chi connectivity index (χ4v) is 1.30. The molecule has 0 atom stereocenters. The molecule has 4 heteroatoms. The van der Waals surface area contributed by atoms with Crippen LogP contribution >= 0.6 is 11.8 Å². The number of hydrogen-bond acceptors (Lipinski definition) is 3. The molecule has 1 rings (SSSR count). The molecule has 1 aromatic carbocycles. The lowest BCUT2D eigenvalue weighted by molar-refractivity contribution is -0.118. The predicted molar refractivity (Wildman–Crippen MR) is 59.6 cm³/mol. The van der Waals surface area contributed by atoms with Crippen molar-refractivity contribution in [3.63, 3.8) is 0 Å². The van der Waals surface area contributed by atoms with Crippen molar-refractivity contribution in [2.75, 3.05) is 6.26 Å². The van der Waals surface area contributed by atoms with Gasteiger partial charge in [0.1, 0.15) is 0 Å². The maximum absolute atomic E-state index is 10.5. The zero-order chi connectivity index (χ0) is 10.4. The minimum Gasteiger partial charge on any atom is -0.274 e. The summed E-state index contributed by atoms with van der Waals surface area (Å²) in [5, 5.41) is 3.77. The summed E-state index contributed by atoms with van der Waals surface area (Å²) in [5.41, 5.74) is 3.32. The van der Waals surface area contributed by atoms with E-state index in [0.29, 0.717) is 0 Å². The molecule has 0 aliphatic rings. The molecule has 1 amide bonds. The monoisotopic (exact) mass is 208 g/mol. The Morgan fingerprint density at radius 1 is 1.43 bits per heavy atom. The Labute approximate surface area is 87.6 Å². The Balaban J connectivity index is 2.59.